The van der Waals surface area contributed by atoms with Crippen LogP contribution in [-0.4, -0.2) is 55.5 Å². The van der Waals surface area contributed by atoms with Crippen LogP contribution in [0.4, 0.5) is 0 Å². The van der Waals surface area contributed by atoms with Gasteiger partial charge in [-0.25, -0.2) is 4.79 Å². The Balaban J connectivity index is 1.51. The number of Topliss-reactive ketones (excluding diaryl/α,β-unsaturated/α-hetero) is 1. The summed E-state index contributed by atoms with van der Waals surface area (Å²) in [7, 11) is 0. The summed E-state index contributed by atoms with van der Waals surface area (Å²) in [5, 5.41) is 0. The minimum absolute atomic E-state index is 0.0217. The number of thiophene rings is 1. The standard InChI is InChI=1S/C17H17NO6S/c19-13(11-24-17(21)14-2-1-7-23-14)15-4-3-12(25-15)10-16(20)18-5-8-22-9-6-18/h1-4,7H,5-6,8-11H2. The molecule has 0 aliphatic carbocycles. The summed E-state index contributed by atoms with van der Waals surface area (Å²) in [6.45, 7) is 1.94. The summed E-state index contributed by atoms with van der Waals surface area (Å²) < 4.78 is 15.1. The third-order valence-corrected chi connectivity index (χ3v) is 4.81. The Morgan fingerprint density at radius 2 is 1.96 bits per heavy atom. The van der Waals surface area contributed by atoms with Crippen molar-refractivity contribution in [2.75, 3.05) is 32.9 Å². The SMILES string of the molecule is O=C(OCC(=O)c1ccc(CC(=O)N2CCOCC2)s1)c1ccco1. The zero-order valence-corrected chi connectivity index (χ0v) is 14.3. The van der Waals surface area contributed by atoms with E-state index >= 15 is 0 Å². The van der Waals surface area contributed by atoms with Crippen molar-refractivity contribution in [2.45, 2.75) is 6.42 Å². The van der Waals surface area contributed by atoms with Crippen LogP contribution in [0.3, 0.4) is 0 Å². The van der Waals surface area contributed by atoms with Crippen LogP contribution in [0.1, 0.15) is 25.1 Å². The molecule has 0 atom stereocenters. The van der Waals surface area contributed by atoms with E-state index in [1.165, 1.54) is 23.7 Å². The van der Waals surface area contributed by atoms with Crippen LogP contribution in [0, 0.1) is 0 Å². The normalized spacial score (nSPS) is 14.3. The molecule has 1 aliphatic heterocycles. The quantitative estimate of drug-likeness (QED) is 0.574. The number of esters is 1. The summed E-state index contributed by atoms with van der Waals surface area (Å²) in [6, 6.07) is 6.43. The number of amides is 1. The predicted octanol–water partition coefficient (Wildman–Crippen LogP) is 1.78. The number of nitrogens with zero attached hydrogens (tertiary/aromatic N) is 1. The highest BCUT2D eigenvalue weighted by molar-refractivity contribution is 7.14. The topological polar surface area (TPSA) is 86.1 Å². The Kier molecular flexibility index (Phi) is 5.62. The van der Waals surface area contributed by atoms with Crippen molar-refractivity contribution in [3.05, 3.63) is 46.0 Å². The van der Waals surface area contributed by atoms with Crippen molar-refractivity contribution in [3.63, 3.8) is 0 Å². The summed E-state index contributed by atoms with van der Waals surface area (Å²) in [5.41, 5.74) is 0. The van der Waals surface area contributed by atoms with Gasteiger partial charge in [-0.1, -0.05) is 0 Å². The maximum absolute atomic E-state index is 12.2. The first-order chi connectivity index (χ1) is 12.1. The summed E-state index contributed by atoms with van der Waals surface area (Å²) >= 11 is 1.24. The Hall–Kier alpha value is -2.45. The number of carbonyl (C=O) groups is 3. The average molecular weight is 363 g/mol. The third-order valence-electron chi connectivity index (χ3n) is 3.68. The molecule has 0 N–H and O–H groups in total. The minimum Gasteiger partial charge on any atom is -0.457 e. The first-order valence-corrected chi connectivity index (χ1v) is 8.63. The molecule has 1 aliphatic rings. The molecule has 0 radical (unpaired) electrons. The molecule has 0 aromatic carbocycles. The van der Waals surface area contributed by atoms with E-state index < -0.39 is 5.97 Å². The van der Waals surface area contributed by atoms with Gasteiger partial charge in [0.2, 0.25) is 17.5 Å². The molecule has 3 heterocycles. The molecule has 1 fully saturated rings. The van der Waals surface area contributed by atoms with E-state index in [2.05, 4.69) is 0 Å². The van der Waals surface area contributed by atoms with Crippen LogP contribution in [-0.2, 0) is 20.7 Å². The molecule has 1 saturated heterocycles. The van der Waals surface area contributed by atoms with Gasteiger partial charge >= 0.3 is 5.97 Å². The Morgan fingerprint density at radius 1 is 1.16 bits per heavy atom. The Labute approximate surface area is 148 Å². The van der Waals surface area contributed by atoms with E-state index in [1.54, 1.807) is 23.1 Å². The highest BCUT2D eigenvalue weighted by atomic mass is 32.1. The zero-order chi connectivity index (χ0) is 17.6. The summed E-state index contributed by atoms with van der Waals surface area (Å²) in [5.74, 6) is -0.920. The van der Waals surface area contributed by atoms with Crippen LogP contribution in [0.2, 0.25) is 0 Å². The van der Waals surface area contributed by atoms with Crippen molar-refractivity contribution in [1.82, 2.24) is 4.90 Å². The largest absolute Gasteiger partial charge is 0.457 e. The molecule has 1 amide bonds. The molecule has 0 saturated carbocycles. The van der Waals surface area contributed by atoms with Gasteiger partial charge in [0.25, 0.3) is 0 Å². The first-order valence-electron chi connectivity index (χ1n) is 7.81. The molecular weight excluding hydrogens is 346 g/mol. The van der Waals surface area contributed by atoms with Gasteiger partial charge in [-0.2, -0.15) is 0 Å². The average Bonchev–Trinajstić information content (AvgIpc) is 3.32. The molecule has 0 spiro atoms. The van der Waals surface area contributed by atoms with Gasteiger partial charge in [0.05, 0.1) is 30.8 Å². The monoisotopic (exact) mass is 363 g/mol. The van der Waals surface area contributed by atoms with E-state index in [-0.39, 0.29) is 30.5 Å². The van der Waals surface area contributed by atoms with Crippen LogP contribution in [0.5, 0.6) is 0 Å². The van der Waals surface area contributed by atoms with E-state index in [9.17, 15) is 14.4 Å². The molecule has 7 nitrogen and oxygen atoms in total. The number of hydrogen-bond acceptors (Lipinski definition) is 7. The van der Waals surface area contributed by atoms with Crippen LogP contribution < -0.4 is 0 Å². The second-order valence-corrected chi connectivity index (χ2v) is 6.58. The lowest BCUT2D eigenvalue weighted by Crippen LogP contribution is -2.41. The molecule has 25 heavy (non-hydrogen) atoms. The van der Waals surface area contributed by atoms with Crippen molar-refractivity contribution in [1.29, 1.82) is 0 Å². The molecule has 0 unspecified atom stereocenters. The van der Waals surface area contributed by atoms with Gasteiger partial charge in [-0.15, -0.1) is 11.3 Å². The van der Waals surface area contributed by atoms with Crippen LogP contribution >= 0.6 is 11.3 Å². The van der Waals surface area contributed by atoms with Gasteiger partial charge in [-0.3, -0.25) is 9.59 Å². The predicted molar refractivity (Wildman–Crippen MR) is 88.7 cm³/mol. The molecule has 2 aromatic heterocycles. The lowest BCUT2D eigenvalue weighted by atomic mass is 10.2. The van der Waals surface area contributed by atoms with Crippen molar-refractivity contribution < 1.29 is 28.3 Å². The lowest BCUT2D eigenvalue weighted by molar-refractivity contribution is -0.134. The maximum Gasteiger partial charge on any atom is 0.374 e. The van der Waals surface area contributed by atoms with Gasteiger partial charge < -0.3 is 18.8 Å². The van der Waals surface area contributed by atoms with Gasteiger partial charge in [-0.05, 0) is 24.3 Å². The van der Waals surface area contributed by atoms with E-state index in [1.807, 2.05) is 0 Å². The van der Waals surface area contributed by atoms with Crippen molar-refractivity contribution in [3.8, 4) is 0 Å². The number of carbonyl (C=O) groups excluding carboxylic acids is 3. The first kappa shape index (κ1) is 17.4. The fourth-order valence-corrected chi connectivity index (χ4v) is 3.29. The van der Waals surface area contributed by atoms with Gasteiger partial charge in [0, 0.05) is 18.0 Å². The lowest BCUT2D eigenvalue weighted by Gasteiger charge is -2.26. The number of ketones is 1. The molecule has 2 aromatic rings. The second-order valence-electron chi connectivity index (χ2n) is 5.41. The number of furan rings is 1. The zero-order valence-electron chi connectivity index (χ0n) is 13.4. The third kappa shape index (κ3) is 4.55. The summed E-state index contributed by atoms with van der Waals surface area (Å²) in [4.78, 5) is 39.0. The molecule has 8 heteroatoms. The van der Waals surface area contributed by atoms with E-state index in [4.69, 9.17) is 13.9 Å². The molecular formula is C17H17NO6S. The fraction of sp³-hybridized carbons (Fsp3) is 0.353. The smallest absolute Gasteiger partial charge is 0.374 e. The molecule has 132 valence electrons. The second kappa shape index (κ2) is 8.09. The number of rotatable bonds is 6. The Bertz CT molecular complexity index is 745. The molecule has 0 bridgehead atoms. The minimum atomic E-state index is -0.683. The highest BCUT2D eigenvalue weighted by Crippen LogP contribution is 2.19. The van der Waals surface area contributed by atoms with E-state index in [0.717, 1.165) is 4.88 Å². The van der Waals surface area contributed by atoms with Crippen molar-refractivity contribution in [2.24, 2.45) is 0 Å². The van der Waals surface area contributed by atoms with Crippen LogP contribution in [0.25, 0.3) is 0 Å². The van der Waals surface area contributed by atoms with E-state index in [0.29, 0.717) is 31.2 Å². The van der Waals surface area contributed by atoms with Gasteiger partial charge in [0.15, 0.2) is 6.61 Å². The Morgan fingerprint density at radius 3 is 2.68 bits per heavy atom. The maximum atomic E-state index is 12.2. The van der Waals surface area contributed by atoms with Gasteiger partial charge in [0.1, 0.15) is 0 Å². The highest BCUT2D eigenvalue weighted by Gasteiger charge is 2.19. The number of morpholine rings is 1. The number of hydrogen-bond donors (Lipinski definition) is 0. The number of ether oxygens (including phenoxy) is 2. The summed E-state index contributed by atoms with van der Waals surface area (Å²) in [6.07, 6.45) is 1.61. The fourth-order valence-electron chi connectivity index (χ4n) is 2.36. The van der Waals surface area contributed by atoms with Crippen molar-refractivity contribution >= 4 is 29.0 Å². The molecule has 3 rings (SSSR count). The van der Waals surface area contributed by atoms with Crippen LogP contribution in [0.15, 0.2) is 34.9 Å².